The highest BCUT2D eigenvalue weighted by molar-refractivity contribution is 7.18. The molecule has 6 nitrogen and oxygen atoms in total. The van der Waals surface area contributed by atoms with Gasteiger partial charge in [-0.1, -0.05) is 6.92 Å². The van der Waals surface area contributed by atoms with Gasteiger partial charge < -0.3 is 11.1 Å². The second-order valence-electron chi connectivity index (χ2n) is 6.85. The predicted molar refractivity (Wildman–Crippen MR) is 109 cm³/mol. The summed E-state index contributed by atoms with van der Waals surface area (Å²) in [5, 5.41) is 4.05. The van der Waals surface area contributed by atoms with Crippen LogP contribution in [0, 0.1) is 0 Å². The Balaban J connectivity index is 1.80. The lowest BCUT2D eigenvalue weighted by atomic mass is 9.97. The maximum absolute atomic E-state index is 13.2. The van der Waals surface area contributed by atoms with Crippen molar-refractivity contribution < 1.29 is 4.79 Å². The van der Waals surface area contributed by atoms with E-state index in [2.05, 4.69) is 5.32 Å². The molecule has 0 bridgehead atoms. The first-order valence-electron chi connectivity index (χ1n) is 9.30. The Morgan fingerprint density at radius 1 is 1.26 bits per heavy atom. The van der Waals surface area contributed by atoms with E-state index in [-0.39, 0.29) is 5.56 Å². The zero-order valence-electron chi connectivity index (χ0n) is 15.2. The Hall–Kier alpha value is -2.67. The van der Waals surface area contributed by atoms with Crippen molar-refractivity contribution >= 4 is 39.1 Å². The van der Waals surface area contributed by atoms with E-state index in [0.29, 0.717) is 18.1 Å². The number of carbonyl (C=O) groups excluding carboxylic acids is 1. The molecule has 1 aromatic carbocycles. The van der Waals surface area contributed by atoms with Crippen molar-refractivity contribution in [2.24, 2.45) is 5.73 Å². The molecule has 0 saturated carbocycles. The maximum Gasteiger partial charge on any atom is 0.263 e. The summed E-state index contributed by atoms with van der Waals surface area (Å²) in [4.78, 5) is 31.4. The van der Waals surface area contributed by atoms with E-state index in [1.807, 2.05) is 6.92 Å². The van der Waals surface area contributed by atoms with Gasteiger partial charge in [0.15, 0.2) is 0 Å². The fourth-order valence-corrected chi connectivity index (χ4v) is 4.86. The van der Waals surface area contributed by atoms with Crippen molar-refractivity contribution in [2.45, 2.75) is 45.6 Å². The number of primary amides is 1. The highest BCUT2D eigenvalue weighted by Crippen LogP contribution is 2.34. The zero-order valence-corrected chi connectivity index (χ0v) is 16.1. The van der Waals surface area contributed by atoms with Crippen LogP contribution in [-0.2, 0) is 19.4 Å². The van der Waals surface area contributed by atoms with Crippen molar-refractivity contribution in [2.75, 3.05) is 5.32 Å². The first kappa shape index (κ1) is 17.7. The fraction of sp³-hybridized carbons (Fsp3) is 0.350. The average molecular weight is 382 g/mol. The van der Waals surface area contributed by atoms with Crippen LogP contribution < -0.4 is 16.6 Å². The summed E-state index contributed by atoms with van der Waals surface area (Å²) in [6.45, 7) is 2.65. The van der Waals surface area contributed by atoms with Crippen LogP contribution in [0.2, 0.25) is 0 Å². The molecule has 4 rings (SSSR count). The number of aryl methyl sites for hydroxylation is 2. The van der Waals surface area contributed by atoms with Gasteiger partial charge in [-0.25, -0.2) is 4.98 Å². The van der Waals surface area contributed by atoms with Gasteiger partial charge in [-0.3, -0.25) is 14.2 Å². The van der Waals surface area contributed by atoms with Crippen LogP contribution in [0.3, 0.4) is 0 Å². The van der Waals surface area contributed by atoms with Crippen molar-refractivity contribution in [3.05, 3.63) is 50.6 Å². The summed E-state index contributed by atoms with van der Waals surface area (Å²) in [6, 6.07) is 6.86. The molecule has 0 atom stereocenters. The number of rotatable bonds is 5. The fourth-order valence-electron chi connectivity index (χ4n) is 3.61. The maximum atomic E-state index is 13.2. The van der Waals surface area contributed by atoms with Gasteiger partial charge in [-0.2, -0.15) is 0 Å². The van der Waals surface area contributed by atoms with Crippen LogP contribution in [0.25, 0.3) is 10.2 Å². The Morgan fingerprint density at radius 3 is 2.70 bits per heavy atom. The number of hydrogen-bond acceptors (Lipinski definition) is 5. The lowest BCUT2D eigenvalue weighted by Gasteiger charge is -2.14. The van der Waals surface area contributed by atoms with E-state index in [4.69, 9.17) is 10.7 Å². The molecule has 3 N–H and O–H groups in total. The SMILES string of the molecule is CCCn1c(Nc2ccc(C(N)=O)cc2)nc2sc3c(c2c1=O)CCCC3. The molecular formula is C20H22N4O2S. The Morgan fingerprint density at radius 2 is 2.00 bits per heavy atom. The lowest BCUT2D eigenvalue weighted by Crippen LogP contribution is -2.24. The summed E-state index contributed by atoms with van der Waals surface area (Å²) in [7, 11) is 0. The van der Waals surface area contributed by atoms with Crippen LogP contribution in [0.5, 0.6) is 0 Å². The topological polar surface area (TPSA) is 90.0 Å². The number of nitrogens with zero attached hydrogens (tertiary/aromatic N) is 2. The number of fused-ring (bicyclic) bond motifs is 3. The van der Waals surface area contributed by atoms with Crippen LogP contribution in [0.4, 0.5) is 11.6 Å². The molecule has 27 heavy (non-hydrogen) atoms. The molecule has 0 spiro atoms. The molecule has 0 radical (unpaired) electrons. The van der Waals surface area contributed by atoms with E-state index < -0.39 is 5.91 Å². The molecule has 1 aliphatic rings. The molecular weight excluding hydrogens is 360 g/mol. The predicted octanol–water partition coefficient (Wildman–Crippen LogP) is 3.59. The third kappa shape index (κ3) is 3.23. The molecule has 7 heteroatoms. The van der Waals surface area contributed by atoms with Gasteiger partial charge >= 0.3 is 0 Å². The van der Waals surface area contributed by atoms with E-state index >= 15 is 0 Å². The zero-order chi connectivity index (χ0) is 19.0. The average Bonchev–Trinajstić information content (AvgIpc) is 3.03. The molecule has 0 unspecified atom stereocenters. The Labute approximate surface area is 161 Å². The third-order valence-electron chi connectivity index (χ3n) is 4.95. The van der Waals surface area contributed by atoms with Gasteiger partial charge in [0.1, 0.15) is 4.83 Å². The Bertz CT molecular complexity index is 1070. The second kappa shape index (κ2) is 7.15. The number of aromatic nitrogens is 2. The highest BCUT2D eigenvalue weighted by atomic mass is 32.1. The molecule has 0 fully saturated rings. The molecule has 0 aliphatic heterocycles. The monoisotopic (exact) mass is 382 g/mol. The largest absolute Gasteiger partial charge is 0.366 e. The van der Waals surface area contributed by atoms with Crippen LogP contribution in [-0.4, -0.2) is 15.5 Å². The molecule has 1 aliphatic carbocycles. The van der Waals surface area contributed by atoms with Crippen LogP contribution >= 0.6 is 11.3 Å². The summed E-state index contributed by atoms with van der Waals surface area (Å²) in [5.74, 6) is 0.0768. The summed E-state index contributed by atoms with van der Waals surface area (Å²) in [6.07, 6.45) is 5.17. The normalized spacial score (nSPS) is 13.5. The number of amides is 1. The minimum absolute atomic E-state index is 0.0394. The van der Waals surface area contributed by atoms with Gasteiger partial charge in [0.25, 0.3) is 5.56 Å². The van der Waals surface area contributed by atoms with Gasteiger partial charge in [0.2, 0.25) is 11.9 Å². The van der Waals surface area contributed by atoms with Gasteiger partial charge in [-0.05, 0) is 61.9 Å². The molecule has 0 saturated heterocycles. The summed E-state index contributed by atoms with van der Waals surface area (Å²) in [5.41, 5.74) is 7.75. The molecule has 2 aromatic heterocycles. The van der Waals surface area contributed by atoms with E-state index in [1.165, 1.54) is 16.9 Å². The van der Waals surface area contributed by atoms with E-state index in [9.17, 15) is 9.59 Å². The Kier molecular flexibility index (Phi) is 4.70. The number of carbonyl (C=O) groups is 1. The van der Waals surface area contributed by atoms with Crippen molar-refractivity contribution in [1.82, 2.24) is 9.55 Å². The van der Waals surface area contributed by atoms with E-state index in [1.54, 1.807) is 40.2 Å². The molecule has 1 amide bonds. The van der Waals surface area contributed by atoms with Crippen molar-refractivity contribution in [1.29, 1.82) is 0 Å². The van der Waals surface area contributed by atoms with Crippen molar-refractivity contribution in [3.8, 4) is 0 Å². The smallest absolute Gasteiger partial charge is 0.263 e. The van der Waals surface area contributed by atoms with Crippen LogP contribution in [0.15, 0.2) is 29.1 Å². The first-order chi connectivity index (χ1) is 13.1. The standard InChI is InChI=1S/C20H22N4O2S/c1-2-11-24-19(26)16-14-5-3-4-6-15(14)27-18(16)23-20(24)22-13-9-7-12(8-10-13)17(21)25/h7-10H,2-6,11H2,1H3,(H2,21,25)(H,22,23). The minimum atomic E-state index is -0.465. The molecule has 140 valence electrons. The number of benzene rings is 1. The number of nitrogens with one attached hydrogen (secondary N) is 1. The molecule has 3 aromatic rings. The molecule has 2 heterocycles. The third-order valence-corrected chi connectivity index (χ3v) is 6.13. The highest BCUT2D eigenvalue weighted by Gasteiger charge is 2.22. The van der Waals surface area contributed by atoms with Crippen molar-refractivity contribution in [3.63, 3.8) is 0 Å². The number of thiophene rings is 1. The summed E-state index contributed by atoms with van der Waals surface area (Å²) < 4.78 is 1.73. The van der Waals surface area contributed by atoms with Gasteiger partial charge in [-0.15, -0.1) is 11.3 Å². The van der Waals surface area contributed by atoms with Crippen LogP contribution in [0.1, 0.15) is 47.0 Å². The number of hydrogen-bond donors (Lipinski definition) is 2. The van der Waals surface area contributed by atoms with Gasteiger partial charge in [0.05, 0.1) is 5.39 Å². The summed E-state index contributed by atoms with van der Waals surface area (Å²) >= 11 is 1.65. The van der Waals surface area contributed by atoms with Gasteiger partial charge in [0, 0.05) is 22.7 Å². The first-order valence-corrected chi connectivity index (χ1v) is 10.1. The number of nitrogens with two attached hydrogens (primary N) is 1. The lowest BCUT2D eigenvalue weighted by molar-refractivity contribution is 0.100. The number of anilines is 2. The minimum Gasteiger partial charge on any atom is -0.366 e. The second-order valence-corrected chi connectivity index (χ2v) is 7.93. The van der Waals surface area contributed by atoms with E-state index in [0.717, 1.165) is 41.6 Å². The quantitative estimate of drug-likeness (QED) is 0.706.